The number of nitrogens with one attached hydrogen (secondary N) is 1. The van der Waals surface area contributed by atoms with Gasteiger partial charge in [0, 0.05) is 12.7 Å². The molecule has 0 bridgehead atoms. The summed E-state index contributed by atoms with van der Waals surface area (Å²) < 4.78 is 12.6. The number of aryl methyl sites for hydroxylation is 2. The zero-order valence-corrected chi connectivity index (χ0v) is 13.7. The second-order valence-corrected chi connectivity index (χ2v) is 6.11. The molecule has 1 aliphatic rings. The van der Waals surface area contributed by atoms with Gasteiger partial charge in [0.25, 0.3) is 5.56 Å². The topological polar surface area (TPSA) is 69.3 Å². The second-order valence-electron chi connectivity index (χ2n) is 6.11. The van der Waals surface area contributed by atoms with Gasteiger partial charge in [-0.3, -0.25) is 4.79 Å². The Labute approximate surface area is 135 Å². The van der Waals surface area contributed by atoms with Crippen LogP contribution in [0.4, 0.5) is 0 Å². The van der Waals surface area contributed by atoms with Crippen molar-refractivity contribution in [2.24, 2.45) is 5.92 Å². The predicted molar refractivity (Wildman–Crippen MR) is 86.6 cm³/mol. The first-order valence-corrected chi connectivity index (χ1v) is 8.10. The largest absolute Gasteiger partial charge is 0.483 e. The zero-order valence-electron chi connectivity index (χ0n) is 13.7. The van der Waals surface area contributed by atoms with Crippen molar-refractivity contribution in [1.29, 1.82) is 0 Å². The second kappa shape index (κ2) is 7.00. The van der Waals surface area contributed by atoms with Crippen LogP contribution < -0.4 is 15.6 Å². The highest BCUT2D eigenvalue weighted by Gasteiger charge is 2.16. The molecule has 3 heterocycles. The van der Waals surface area contributed by atoms with Gasteiger partial charge in [0.2, 0.25) is 0 Å². The molecule has 2 aromatic rings. The van der Waals surface area contributed by atoms with E-state index in [0.717, 1.165) is 49.5 Å². The molecule has 0 spiro atoms. The van der Waals surface area contributed by atoms with Crippen molar-refractivity contribution in [3.63, 3.8) is 0 Å². The summed E-state index contributed by atoms with van der Waals surface area (Å²) in [6, 6.07) is 3.59. The van der Waals surface area contributed by atoms with E-state index in [0.29, 0.717) is 18.3 Å². The van der Waals surface area contributed by atoms with E-state index in [9.17, 15) is 4.79 Å². The minimum Gasteiger partial charge on any atom is -0.483 e. The van der Waals surface area contributed by atoms with Gasteiger partial charge in [-0.2, -0.15) is 0 Å². The van der Waals surface area contributed by atoms with Crippen molar-refractivity contribution in [3.05, 3.63) is 45.7 Å². The van der Waals surface area contributed by atoms with Crippen LogP contribution in [-0.2, 0) is 13.2 Å². The van der Waals surface area contributed by atoms with E-state index in [2.05, 4.69) is 10.5 Å². The molecule has 1 fully saturated rings. The fourth-order valence-corrected chi connectivity index (χ4v) is 2.97. The van der Waals surface area contributed by atoms with E-state index in [-0.39, 0.29) is 5.56 Å². The average Bonchev–Trinajstić information content (AvgIpc) is 2.88. The maximum Gasteiger partial charge on any atom is 0.292 e. The highest BCUT2D eigenvalue weighted by atomic mass is 16.5. The summed E-state index contributed by atoms with van der Waals surface area (Å²) in [4.78, 5) is 12.6. The summed E-state index contributed by atoms with van der Waals surface area (Å²) in [6.07, 6.45) is 4.06. The maximum absolute atomic E-state index is 12.6. The Morgan fingerprint density at radius 3 is 2.87 bits per heavy atom. The van der Waals surface area contributed by atoms with Gasteiger partial charge in [-0.25, -0.2) is 0 Å². The fraction of sp³-hybridized carbons (Fsp3) is 0.529. The number of pyridine rings is 1. The van der Waals surface area contributed by atoms with E-state index in [1.807, 2.05) is 26.1 Å². The minimum absolute atomic E-state index is 0.0715. The average molecular weight is 317 g/mol. The molecule has 124 valence electrons. The fourth-order valence-electron chi connectivity index (χ4n) is 2.97. The van der Waals surface area contributed by atoms with Crippen LogP contribution in [0.15, 0.2) is 27.6 Å². The highest BCUT2D eigenvalue weighted by Crippen LogP contribution is 2.16. The Bertz CT molecular complexity index is 695. The van der Waals surface area contributed by atoms with Crippen LogP contribution in [0.5, 0.6) is 5.75 Å². The number of rotatable bonds is 5. The lowest BCUT2D eigenvalue weighted by atomic mass is 9.98. The van der Waals surface area contributed by atoms with Crippen molar-refractivity contribution in [2.75, 3.05) is 13.1 Å². The van der Waals surface area contributed by atoms with Crippen molar-refractivity contribution >= 4 is 0 Å². The Kier molecular flexibility index (Phi) is 4.81. The van der Waals surface area contributed by atoms with Gasteiger partial charge in [0.15, 0.2) is 5.75 Å². The van der Waals surface area contributed by atoms with E-state index >= 15 is 0 Å². The van der Waals surface area contributed by atoms with Crippen molar-refractivity contribution in [1.82, 2.24) is 15.0 Å². The predicted octanol–water partition coefficient (Wildman–Crippen LogP) is 2.03. The molecule has 0 atom stereocenters. The first-order chi connectivity index (χ1) is 11.1. The van der Waals surface area contributed by atoms with Crippen LogP contribution >= 0.6 is 0 Å². The molecule has 1 aliphatic heterocycles. The van der Waals surface area contributed by atoms with Gasteiger partial charge >= 0.3 is 0 Å². The van der Waals surface area contributed by atoms with Crippen molar-refractivity contribution in [3.8, 4) is 5.75 Å². The third-order valence-corrected chi connectivity index (χ3v) is 4.45. The summed E-state index contributed by atoms with van der Waals surface area (Å²) in [5.41, 5.74) is 1.63. The summed E-state index contributed by atoms with van der Waals surface area (Å²) in [6.45, 7) is 6.83. The van der Waals surface area contributed by atoms with Gasteiger partial charge in [-0.15, -0.1) is 0 Å². The van der Waals surface area contributed by atoms with Crippen LogP contribution in [0.3, 0.4) is 0 Å². The monoisotopic (exact) mass is 317 g/mol. The van der Waals surface area contributed by atoms with Crippen LogP contribution in [-0.4, -0.2) is 22.8 Å². The lowest BCUT2D eigenvalue weighted by Crippen LogP contribution is -2.32. The van der Waals surface area contributed by atoms with Crippen LogP contribution in [0.2, 0.25) is 0 Å². The van der Waals surface area contributed by atoms with E-state index in [4.69, 9.17) is 9.26 Å². The molecule has 0 amide bonds. The number of nitrogens with zero attached hydrogens (tertiary/aromatic N) is 2. The maximum atomic E-state index is 12.6. The molecule has 23 heavy (non-hydrogen) atoms. The smallest absolute Gasteiger partial charge is 0.292 e. The van der Waals surface area contributed by atoms with Crippen molar-refractivity contribution in [2.45, 2.75) is 39.8 Å². The molecule has 2 aromatic heterocycles. The molecule has 6 nitrogen and oxygen atoms in total. The van der Waals surface area contributed by atoms with E-state index in [1.54, 1.807) is 10.6 Å². The lowest BCUT2D eigenvalue weighted by Gasteiger charge is -2.23. The Balaban J connectivity index is 1.70. The lowest BCUT2D eigenvalue weighted by molar-refractivity contribution is 0.288. The molecule has 0 saturated carbocycles. The molecule has 3 rings (SSSR count). The summed E-state index contributed by atoms with van der Waals surface area (Å²) in [5.74, 6) is 1.65. The standard InChI is InChI=1S/C17H23N3O3/c1-12-15(13(2)23-19-12)11-22-16-4-3-9-20(17(16)21)10-14-5-7-18-8-6-14/h3-4,9,14,18H,5-8,10-11H2,1-2H3. The molecule has 1 N–H and O–H groups in total. The molecule has 0 aliphatic carbocycles. The van der Waals surface area contributed by atoms with E-state index < -0.39 is 0 Å². The summed E-state index contributed by atoms with van der Waals surface area (Å²) in [5, 5.41) is 7.25. The van der Waals surface area contributed by atoms with Gasteiger partial charge < -0.3 is 19.1 Å². The number of piperidine rings is 1. The summed E-state index contributed by atoms with van der Waals surface area (Å²) in [7, 11) is 0. The molecule has 1 saturated heterocycles. The van der Waals surface area contributed by atoms with E-state index in [1.165, 1.54) is 0 Å². The third-order valence-electron chi connectivity index (χ3n) is 4.45. The van der Waals surface area contributed by atoms with Crippen LogP contribution in [0, 0.1) is 19.8 Å². The first-order valence-electron chi connectivity index (χ1n) is 8.10. The Morgan fingerprint density at radius 2 is 2.17 bits per heavy atom. The molecular formula is C17H23N3O3. The number of aromatic nitrogens is 2. The third kappa shape index (κ3) is 3.64. The first kappa shape index (κ1) is 15.8. The molecular weight excluding hydrogens is 294 g/mol. The van der Waals surface area contributed by atoms with Gasteiger partial charge in [0.05, 0.1) is 11.3 Å². The van der Waals surface area contributed by atoms with Gasteiger partial charge in [-0.05, 0) is 57.8 Å². The number of hydrogen-bond acceptors (Lipinski definition) is 5. The number of hydrogen-bond donors (Lipinski definition) is 1. The Hall–Kier alpha value is -2.08. The summed E-state index contributed by atoms with van der Waals surface area (Å²) >= 11 is 0. The van der Waals surface area contributed by atoms with Gasteiger partial charge in [-0.1, -0.05) is 5.16 Å². The SMILES string of the molecule is Cc1noc(C)c1COc1cccn(CC2CCNCC2)c1=O. The van der Waals surface area contributed by atoms with Crippen molar-refractivity contribution < 1.29 is 9.26 Å². The molecule has 0 unspecified atom stereocenters. The number of ether oxygens (including phenoxy) is 1. The zero-order chi connectivity index (χ0) is 16.2. The normalized spacial score (nSPS) is 15.7. The molecule has 0 aromatic carbocycles. The highest BCUT2D eigenvalue weighted by molar-refractivity contribution is 5.22. The van der Waals surface area contributed by atoms with Crippen LogP contribution in [0.1, 0.15) is 29.9 Å². The molecule has 0 radical (unpaired) electrons. The minimum atomic E-state index is -0.0715. The Morgan fingerprint density at radius 1 is 1.39 bits per heavy atom. The molecule has 6 heteroatoms. The van der Waals surface area contributed by atoms with Crippen LogP contribution in [0.25, 0.3) is 0 Å². The van der Waals surface area contributed by atoms with Gasteiger partial charge in [0.1, 0.15) is 12.4 Å². The quantitative estimate of drug-likeness (QED) is 0.914.